The summed E-state index contributed by atoms with van der Waals surface area (Å²) in [6.45, 7) is 4.50. The largest absolute Gasteiger partial charge is 0.198 e. The van der Waals surface area contributed by atoms with Gasteiger partial charge in [-0.2, -0.15) is 5.26 Å². The Morgan fingerprint density at radius 2 is 1.31 bits per heavy atom. The molecule has 0 aliphatic carbocycles. The maximum atomic E-state index is 8.79. The van der Waals surface area contributed by atoms with Crippen LogP contribution in [-0.4, -0.2) is 0 Å². The Morgan fingerprint density at radius 3 is 1.69 bits per heavy atom. The van der Waals surface area contributed by atoms with Gasteiger partial charge in [0.15, 0.2) is 0 Å². The van der Waals surface area contributed by atoms with Crippen LogP contribution >= 0.6 is 0 Å². The third-order valence-electron chi connectivity index (χ3n) is 3.31. The van der Waals surface area contributed by atoms with E-state index in [9.17, 15) is 0 Å². The van der Waals surface area contributed by atoms with Crippen molar-refractivity contribution >= 4 is 0 Å². The highest BCUT2D eigenvalue weighted by atomic mass is 14.2. The molecule has 0 aromatic heterocycles. The molecular formula is C15H29N. The summed E-state index contributed by atoms with van der Waals surface area (Å²) in [6, 6.07) is 2.35. The molecule has 16 heavy (non-hydrogen) atoms. The molecule has 0 spiro atoms. The summed E-state index contributed by atoms with van der Waals surface area (Å²) in [5, 5.41) is 8.79. The van der Waals surface area contributed by atoms with Crippen LogP contribution in [0.25, 0.3) is 0 Å². The van der Waals surface area contributed by atoms with E-state index in [1.807, 2.05) is 0 Å². The number of hydrogen-bond donors (Lipinski definition) is 0. The molecule has 1 nitrogen and oxygen atoms in total. The van der Waals surface area contributed by atoms with Crippen molar-refractivity contribution in [2.75, 3.05) is 0 Å². The molecule has 0 amide bonds. The van der Waals surface area contributed by atoms with Gasteiger partial charge < -0.3 is 0 Å². The van der Waals surface area contributed by atoms with E-state index in [-0.39, 0.29) is 0 Å². The molecule has 0 N–H and O–H groups in total. The number of hydrogen-bond acceptors (Lipinski definition) is 1. The van der Waals surface area contributed by atoms with Crippen molar-refractivity contribution in [3.05, 3.63) is 0 Å². The Labute approximate surface area is 102 Å². The Hall–Kier alpha value is -0.510. The number of unbranched alkanes of at least 4 members (excludes halogenated alkanes) is 6. The van der Waals surface area contributed by atoms with Gasteiger partial charge in [0, 0.05) is 6.42 Å². The summed E-state index contributed by atoms with van der Waals surface area (Å²) in [7, 11) is 0. The zero-order chi connectivity index (χ0) is 12.1. The van der Waals surface area contributed by atoms with Crippen LogP contribution in [0.3, 0.4) is 0 Å². The van der Waals surface area contributed by atoms with Crippen LogP contribution in [0.1, 0.15) is 84.5 Å². The monoisotopic (exact) mass is 223 g/mol. The molecule has 0 rings (SSSR count). The predicted molar refractivity (Wildman–Crippen MR) is 71.2 cm³/mol. The average Bonchev–Trinajstić information content (AvgIpc) is 2.30. The summed E-state index contributed by atoms with van der Waals surface area (Å²) in [6.07, 6.45) is 14.0. The van der Waals surface area contributed by atoms with Crippen molar-refractivity contribution in [3.63, 3.8) is 0 Å². The normalized spacial score (nSPS) is 10.6. The maximum Gasteiger partial charge on any atom is 0.0624 e. The molecule has 0 atom stereocenters. The first kappa shape index (κ1) is 15.5. The molecule has 94 valence electrons. The van der Waals surface area contributed by atoms with Gasteiger partial charge in [0.1, 0.15) is 0 Å². The second-order valence-corrected chi connectivity index (χ2v) is 4.93. The fourth-order valence-corrected chi connectivity index (χ4v) is 2.20. The van der Waals surface area contributed by atoms with Crippen LogP contribution in [0, 0.1) is 17.2 Å². The van der Waals surface area contributed by atoms with E-state index < -0.39 is 0 Å². The van der Waals surface area contributed by atoms with E-state index in [0.29, 0.717) is 5.92 Å². The molecule has 0 aromatic rings. The van der Waals surface area contributed by atoms with E-state index >= 15 is 0 Å². The van der Waals surface area contributed by atoms with Crippen molar-refractivity contribution in [1.82, 2.24) is 0 Å². The van der Waals surface area contributed by atoms with E-state index in [1.54, 1.807) is 0 Å². The average molecular weight is 223 g/mol. The van der Waals surface area contributed by atoms with Gasteiger partial charge in [-0.3, -0.25) is 0 Å². The topological polar surface area (TPSA) is 23.8 Å². The Balaban J connectivity index is 3.50. The lowest BCUT2D eigenvalue weighted by molar-refractivity contribution is 0.412. The van der Waals surface area contributed by atoms with Gasteiger partial charge in [-0.15, -0.1) is 0 Å². The van der Waals surface area contributed by atoms with Gasteiger partial charge in [-0.25, -0.2) is 0 Å². The van der Waals surface area contributed by atoms with Crippen LogP contribution in [0.15, 0.2) is 0 Å². The lowest BCUT2D eigenvalue weighted by Gasteiger charge is -2.13. The van der Waals surface area contributed by atoms with Gasteiger partial charge in [0.25, 0.3) is 0 Å². The summed E-state index contributed by atoms with van der Waals surface area (Å²) >= 11 is 0. The Kier molecular flexibility index (Phi) is 12.2. The molecule has 0 saturated carbocycles. The highest BCUT2D eigenvalue weighted by Gasteiger charge is 2.07. The van der Waals surface area contributed by atoms with E-state index in [2.05, 4.69) is 19.9 Å². The van der Waals surface area contributed by atoms with Gasteiger partial charge in [-0.05, 0) is 18.8 Å². The van der Waals surface area contributed by atoms with Crippen molar-refractivity contribution in [2.24, 2.45) is 5.92 Å². The fourth-order valence-electron chi connectivity index (χ4n) is 2.20. The molecule has 0 bridgehead atoms. The highest BCUT2D eigenvalue weighted by molar-refractivity contribution is 4.75. The summed E-state index contributed by atoms with van der Waals surface area (Å²) in [4.78, 5) is 0. The molecule has 0 radical (unpaired) electrons. The standard InChI is InChI=1S/C15H29N/c1-3-5-7-9-11-15(13-14-16)12-10-8-6-4-2/h15H,3-13H2,1-2H3. The first-order chi connectivity index (χ1) is 7.85. The quantitative estimate of drug-likeness (QED) is 0.427. The summed E-state index contributed by atoms with van der Waals surface area (Å²) in [5.74, 6) is 0.679. The van der Waals surface area contributed by atoms with Crippen molar-refractivity contribution in [2.45, 2.75) is 84.5 Å². The molecule has 0 aliphatic rings. The van der Waals surface area contributed by atoms with E-state index in [4.69, 9.17) is 5.26 Å². The SMILES string of the molecule is CCCCCCC(CC#N)CCCCCC. The molecule has 0 heterocycles. The van der Waals surface area contributed by atoms with Crippen molar-refractivity contribution < 1.29 is 0 Å². The zero-order valence-corrected chi connectivity index (χ0v) is 11.3. The number of nitriles is 1. The minimum Gasteiger partial charge on any atom is -0.198 e. The van der Waals surface area contributed by atoms with Crippen molar-refractivity contribution in [1.29, 1.82) is 5.26 Å². The van der Waals surface area contributed by atoms with E-state index in [1.165, 1.54) is 64.2 Å². The highest BCUT2D eigenvalue weighted by Crippen LogP contribution is 2.20. The van der Waals surface area contributed by atoms with E-state index in [0.717, 1.165) is 6.42 Å². The molecular weight excluding hydrogens is 194 g/mol. The smallest absolute Gasteiger partial charge is 0.0624 e. The maximum absolute atomic E-state index is 8.79. The molecule has 0 aliphatic heterocycles. The third kappa shape index (κ3) is 10.0. The summed E-state index contributed by atoms with van der Waals surface area (Å²) in [5.41, 5.74) is 0. The molecule has 0 aromatic carbocycles. The minimum atomic E-state index is 0.679. The van der Waals surface area contributed by atoms with Gasteiger partial charge in [0.05, 0.1) is 6.07 Å². The lowest BCUT2D eigenvalue weighted by atomic mass is 9.92. The van der Waals surface area contributed by atoms with Crippen LogP contribution in [0.5, 0.6) is 0 Å². The Bertz CT molecular complexity index is 157. The number of rotatable bonds is 11. The lowest BCUT2D eigenvalue weighted by Crippen LogP contribution is -2.00. The van der Waals surface area contributed by atoms with Gasteiger partial charge >= 0.3 is 0 Å². The molecule has 0 saturated heterocycles. The van der Waals surface area contributed by atoms with Crippen LogP contribution in [-0.2, 0) is 0 Å². The van der Waals surface area contributed by atoms with Crippen molar-refractivity contribution in [3.8, 4) is 6.07 Å². The van der Waals surface area contributed by atoms with Crippen LogP contribution in [0.4, 0.5) is 0 Å². The van der Waals surface area contributed by atoms with Gasteiger partial charge in [-0.1, -0.05) is 65.2 Å². The Morgan fingerprint density at radius 1 is 0.812 bits per heavy atom. The van der Waals surface area contributed by atoms with Gasteiger partial charge in [0.2, 0.25) is 0 Å². The third-order valence-corrected chi connectivity index (χ3v) is 3.31. The first-order valence-electron chi connectivity index (χ1n) is 7.22. The van der Waals surface area contributed by atoms with Crippen LogP contribution < -0.4 is 0 Å². The second kappa shape index (κ2) is 12.6. The zero-order valence-electron chi connectivity index (χ0n) is 11.3. The molecule has 0 fully saturated rings. The predicted octanol–water partition coefficient (Wildman–Crippen LogP) is 5.46. The number of nitrogens with zero attached hydrogens (tertiary/aromatic N) is 1. The fraction of sp³-hybridized carbons (Fsp3) is 0.933. The molecule has 0 unspecified atom stereocenters. The summed E-state index contributed by atoms with van der Waals surface area (Å²) < 4.78 is 0. The van der Waals surface area contributed by atoms with Crippen LogP contribution in [0.2, 0.25) is 0 Å². The second-order valence-electron chi connectivity index (χ2n) is 4.93. The molecule has 1 heteroatoms. The minimum absolute atomic E-state index is 0.679. The first-order valence-corrected chi connectivity index (χ1v) is 7.22.